The largest absolute Gasteiger partial charge is 0.481 e. The van der Waals surface area contributed by atoms with Gasteiger partial charge in [-0.05, 0) is 41.5 Å². The van der Waals surface area contributed by atoms with Crippen molar-refractivity contribution in [2.24, 2.45) is 5.92 Å². The van der Waals surface area contributed by atoms with Crippen LogP contribution in [-0.4, -0.2) is 23.0 Å². The molecular formula is C12H14INO3S. The lowest BCUT2D eigenvalue weighted by Gasteiger charge is -2.29. The molecule has 0 spiro atoms. The third-order valence-electron chi connectivity index (χ3n) is 3.23. The number of amides is 1. The van der Waals surface area contributed by atoms with Crippen LogP contribution < -0.4 is 5.32 Å². The van der Waals surface area contributed by atoms with E-state index in [2.05, 4.69) is 27.9 Å². The highest BCUT2D eigenvalue weighted by Crippen LogP contribution is 2.25. The lowest BCUT2D eigenvalue weighted by atomic mass is 9.84. The highest BCUT2D eigenvalue weighted by atomic mass is 127. The zero-order valence-electron chi connectivity index (χ0n) is 9.69. The van der Waals surface area contributed by atoms with Gasteiger partial charge < -0.3 is 10.4 Å². The molecule has 1 aliphatic carbocycles. The molecule has 1 aromatic heterocycles. The quantitative estimate of drug-likeness (QED) is 0.794. The molecule has 0 radical (unpaired) electrons. The van der Waals surface area contributed by atoms with E-state index >= 15 is 0 Å². The molecule has 4 nitrogen and oxygen atoms in total. The van der Waals surface area contributed by atoms with Crippen molar-refractivity contribution in [1.82, 2.24) is 5.32 Å². The standard InChI is InChI=1S/C12H14INO3S/c13-10-5-7(6-18-10)11(15)14-9-4-2-1-3-8(9)12(16)17/h5-6,8-9H,1-4H2,(H,14,15)(H,16,17). The number of hydrogen-bond donors (Lipinski definition) is 2. The van der Waals surface area contributed by atoms with Crippen LogP contribution >= 0.6 is 33.9 Å². The van der Waals surface area contributed by atoms with E-state index in [1.165, 1.54) is 11.3 Å². The first-order valence-electron chi connectivity index (χ1n) is 5.85. The van der Waals surface area contributed by atoms with Crippen molar-refractivity contribution in [3.63, 3.8) is 0 Å². The maximum Gasteiger partial charge on any atom is 0.308 e. The van der Waals surface area contributed by atoms with Crippen molar-refractivity contribution >= 4 is 45.8 Å². The van der Waals surface area contributed by atoms with Gasteiger partial charge in [0.05, 0.1) is 14.4 Å². The van der Waals surface area contributed by atoms with E-state index in [0.717, 1.165) is 22.1 Å². The van der Waals surface area contributed by atoms with Crippen molar-refractivity contribution < 1.29 is 14.7 Å². The Morgan fingerprint density at radius 1 is 1.39 bits per heavy atom. The topological polar surface area (TPSA) is 66.4 Å². The summed E-state index contributed by atoms with van der Waals surface area (Å²) in [6.07, 6.45) is 3.32. The zero-order valence-corrected chi connectivity index (χ0v) is 12.7. The zero-order chi connectivity index (χ0) is 13.1. The summed E-state index contributed by atoms with van der Waals surface area (Å²) in [4.78, 5) is 23.1. The average Bonchev–Trinajstić information content (AvgIpc) is 2.76. The smallest absolute Gasteiger partial charge is 0.308 e. The van der Waals surface area contributed by atoms with Crippen LogP contribution in [0.4, 0.5) is 0 Å². The van der Waals surface area contributed by atoms with Crippen LogP contribution in [0, 0.1) is 8.80 Å². The Hall–Kier alpha value is -0.630. The van der Waals surface area contributed by atoms with Crippen LogP contribution in [0.25, 0.3) is 0 Å². The van der Waals surface area contributed by atoms with Crippen molar-refractivity contribution in [1.29, 1.82) is 0 Å². The first kappa shape index (κ1) is 13.8. The lowest BCUT2D eigenvalue weighted by molar-refractivity contribution is -0.143. The molecule has 2 N–H and O–H groups in total. The van der Waals surface area contributed by atoms with Gasteiger partial charge >= 0.3 is 5.97 Å². The second kappa shape index (κ2) is 6.01. The van der Waals surface area contributed by atoms with Crippen molar-refractivity contribution in [3.8, 4) is 0 Å². The number of aliphatic carboxylic acids is 1. The molecule has 0 aliphatic heterocycles. The Morgan fingerprint density at radius 3 is 2.72 bits per heavy atom. The Balaban J connectivity index is 2.03. The lowest BCUT2D eigenvalue weighted by Crippen LogP contribution is -2.45. The van der Waals surface area contributed by atoms with E-state index in [-0.39, 0.29) is 11.9 Å². The SMILES string of the molecule is O=C(NC1CCCCC1C(=O)O)c1csc(I)c1. The van der Waals surface area contributed by atoms with Crippen molar-refractivity contribution in [2.45, 2.75) is 31.7 Å². The van der Waals surface area contributed by atoms with Gasteiger partial charge in [0.25, 0.3) is 5.91 Å². The molecule has 2 rings (SSSR count). The fourth-order valence-electron chi connectivity index (χ4n) is 2.28. The number of halogens is 1. The van der Waals surface area contributed by atoms with E-state index in [1.54, 1.807) is 5.38 Å². The molecule has 18 heavy (non-hydrogen) atoms. The molecule has 98 valence electrons. The average molecular weight is 379 g/mol. The van der Waals surface area contributed by atoms with Gasteiger partial charge in [0.15, 0.2) is 0 Å². The summed E-state index contributed by atoms with van der Waals surface area (Å²) in [5.41, 5.74) is 0.624. The van der Waals surface area contributed by atoms with E-state index in [0.29, 0.717) is 12.0 Å². The molecule has 2 atom stereocenters. The minimum Gasteiger partial charge on any atom is -0.481 e. The second-order valence-corrected chi connectivity index (χ2v) is 7.25. The maximum absolute atomic E-state index is 12.0. The minimum absolute atomic E-state index is 0.160. The number of hydrogen-bond acceptors (Lipinski definition) is 3. The van der Waals surface area contributed by atoms with Crippen LogP contribution in [0.1, 0.15) is 36.0 Å². The Kier molecular flexibility index (Phi) is 4.60. The molecule has 1 heterocycles. The van der Waals surface area contributed by atoms with E-state index in [1.807, 2.05) is 6.07 Å². The van der Waals surface area contributed by atoms with Gasteiger partial charge in [-0.3, -0.25) is 9.59 Å². The van der Waals surface area contributed by atoms with Gasteiger partial charge in [0.1, 0.15) is 0 Å². The molecule has 1 saturated carbocycles. The number of carbonyl (C=O) groups excluding carboxylic acids is 1. The molecule has 0 bridgehead atoms. The molecule has 1 fully saturated rings. The number of thiophene rings is 1. The van der Waals surface area contributed by atoms with E-state index in [9.17, 15) is 9.59 Å². The first-order chi connectivity index (χ1) is 8.58. The third-order valence-corrected chi connectivity index (χ3v) is 5.02. The number of rotatable bonds is 3. The van der Waals surface area contributed by atoms with Crippen LogP contribution in [0.15, 0.2) is 11.4 Å². The first-order valence-corrected chi connectivity index (χ1v) is 7.81. The Labute approximate surface area is 123 Å². The molecular weight excluding hydrogens is 365 g/mol. The fraction of sp³-hybridized carbons (Fsp3) is 0.500. The highest BCUT2D eigenvalue weighted by molar-refractivity contribution is 14.1. The van der Waals surface area contributed by atoms with Gasteiger partial charge in [-0.2, -0.15) is 0 Å². The van der Waals surface area contributed by atoms with E-state index in [4.69, 9.17) is 5.11 Å². The number of nitrogens with one attached hydrogen (secondary N) is 1. The molecule has 2 unspecified atom stereocenters. The van der Waals surface area contributed by atoms with E-state index < -0.39 is 11.9 Å². The highest BCUT2D eigenvalue weighted by Gasteiger charge is 2.32. The summed E-state index contributed by atoms with van der Waals surface area (Å²) in [5.74, 6) is -1.41. The van der Waals surface area contributed by atoms with Crippen molar-refractivity contribution in [2.75, 3.05) is 0 Å². The molecule has 6 heteroatoms. The summed E-state index contributed by atoms with van der Waals surface area (Å²) >= 11 is 3.68. The van der Waals surface area contributed by atoms with Crippen LogP contribution in [0.2, 0.25) is 0 Å². The minimum atomic E-state index is -0.806. The van der Waals surface area contributed by atoms with Crippen LogP contribution in [0.5, 0.6) is 0 Å². The summed E-state index contributed by atoms with van der Waals surface area (Å²) < 4.78 is 1.05. The van der Waals surface area contributed by atoms with Crippen LogP contribution in [0.3, 0.4) is 0 Å². The third kappa shape index (κ3) is 3.23. The Bertz CT molecular complexity index is 460. The summed E-state index contributed by atoms with van der Waals surface area (Å²) in [6.45, 7) is 0. The number of carboxylic acids is 1. The summed E-state index contributed by atoms with van der Waals surface area (Å²) in [5, 5.41) is 13.8. The summed E-state index contributed by atoms with van der Waals surface area (Å²) in [7, 11) is 0. The Morgan fingerprint density at radius 2 is 2.11 bits per heavy atom. The molecule has 1 aromatic rings. The van der Waals surface area contributed by atoms with Gasteiger partial charge in [-0.25, -0.2) is 0 Å². The fourth-order valence-corrected chi connectivity index (χ4v) is 3.61. The van der Waals surface area contributed by atoms with Gasteiger partial charge in [-0.1, -0.05) is 12.8 Å². The molecule has 0 aromatic carbocycles. The van der Waals surface area contributed by atoms with Gasteiger partial charge in [0, 0.05) is 11.4 Å². The molecule has 0 saturated heterocycles. The molecule has 1 amide bonds. The predicted octanol–water partition coefficient (Wildman–Crippen LogP) is 2.73. The second-order valence-electron chi connectivity index (χ2n) is 4.45. The molecule has 1 aliphatic rings. The normalized spacial score (nSPS) is 23.6. The van der Waals surface area contributed by atoms with Crippen LogP contribution in [-0.2, 0) is 4.79 Å². The summed E-state index contributed by atoms with van der Waals surface area (Å²) in [6, 6.07) is 1.58. The monoisotopic (exact) mass is 379 g/mol. The van der Waals surface area contributed by atoms with Gasteiger partial charge in [-0.15, -0.1) is 11.3 Å². The number of carbonyl (C=O) groups is 2. The maximum atomic E-state index is 12.0. The number of carboxylic acid groups (broad SMARTS) is 1. The van der Waals surface area contributed by atoms with Gasteiger partial charge in [0.2, 0.25) is 0 Å². The van der Waals surface area contributed by atoms with Crippen molar-refractivity contribution in [3.05, 3.63) is 19.9 Å². The predicted molar refractivity (Wildman–Crippen MR) is 77.9 cm³/mol.